The molecule has 4 heterocycles. The van der Waals surface area contributed by atoms with E-state index in [1.807, 2.05) is 12.1 Å². The smallest absolute Gasteiger partial charge is 0.189 e. The van der Waals surface area contributed by atoms with Crippen LogP contribution in [0.15, 0.2) is 36.4 Å². The van der Waals surface area contributed by atoms with Gasteiger partial charge in [0.15, 0.2) is 20.4 Å². The highest BCUT2D eigenvalue weighted by Gasteiger charge is 2.41. The predicted molar refractivity (Wildman–Crippen MR) is 263 cm³/mol. The minimum atomic E-state index is -0.0263. The number of nitrogens with one attached hydrogen (secondary N) is 4. The average molecular weight is 907 g/mol. The fourth-order valence-corrected chi connectivity index (χ4v) is 12.8. The molecular weight excluding hydrogens is 817 g/mol. The Morgan fingerprint density at radius 1 is 0.369 bits per heavy atom. The van der Waals surface area contributed by atoms with Crippen LogP contribution >= 0.6 is 0 Å². The Bertz CT molecular complexity index is 1570. The van der Waals surface area contributed by atoms with Gasteiger partial charge in [0.2, 0.25) is 0 Å². The van der Waals surface area contributed by atoms with E-state index in [-0.39, 0.29) is 83.0 Å². The van der Waals surface area contributed by atoms with Crippen molar-refractivity contribution >= 4 is 0 Å². The van der Waals surface area contributed by atoms with Crippen molar-refractivity contribution in [2.24, 2.45) is 5.92 Å². The Morgan fingerprint density at radius 3 is 0.923 bits per heavy atom. The molecule has 0 unspecified atom stereocenters. The minimum Gasteiger partial charge on any atom is -0.493 e. The highest BCUT2D eigenvalue weighted by atomic mass is 16.7. The summed E-state index contributed by atoms with van der Waals surface area (Å²) in [6.45, 7) is 37.2. The summed E-state index contributed by atoms with van der Waals surface area (Å²) in [5.74, 6) is 3.46. The van der Waals surface area contributed by atoms with Gasteiger partial charge in [-0.15, -0.1) is 0 Å². The number of piperidine rings is 4. The molecule has 4 fully saturated rings. The molecule has 0 bridgehead atoms. The number of benzene rings is 2. The maximum absolute atomic E-state index is 6.60. The van der Waals surface area contributed by atoms with Crippen molar-refractivity contribution in [1.82, 2.24) is 21.3 Å². The molecule has 4 aliphatic heterocycles. The summed E-state index contributed by atoms with van der Waals surface area (Å²) < 4.78 is 45.1. The van der Waals surface area contributed by atoms with Crippen molar-refractivity contribution in [2.75, 3.05) is 27.0 Å². The summed E-state index contributed by atoms with van der Waals surface area (Å²) in [7, 11) is 0. The molecule has 0 saturated carbocycles. The second kappa shape index (κ2) is 19.8. The summed E-state index contributed by atoms with van der Waals surface area (Å²) in [4.78, 5) is 0. The van der Waals surface area contributed by atoms with E-state index in [0.29, 0.717) is 30.4 Å². The zero-order valence-corrected chi connectivity index (χ0v) is 43.5. The van der Waals surface area contributed by atoms with E-state index in [0.717, 1.165) is 80.4 Å². The first-order chi connectivity index (χ1) is 29.9. The average Bonchev–Trinajstić information content (AvgIpc) is 3.06. The summed E-state index contributed by atoms with van der Waals surface area (Å²) in [6.07, 6.45) is 9.55. The second-order valence-corrected chi connectivity index (χ2v) is 25.7. The van der Waals surface area contributed by atoms with Crippen LogP contribution in [0.3, 0.4) is 0 Å². The highest BCUT2D eigenvalue weighted by Crippen LogP contribution is 2.37. The molecule has 11 heteroatoms. The predicted octanol–water partition coefficient (Wildman–Crippen LogP) is 10.6. The lowest BCUT2D eigenvalue weighted by atomic mass is 9.75. The van der Waals surface area contributed by atoms with E-state index in [2.05, 4.69) is 156 Å². The molecule has 6 rings (SSSR count). The highest BCUT2D eigenvalue weighted by molar-refractivity contribution is 5.44. The third-order valence-electron chi connectivity index (χ3n) is 13.4. The molecular formula is C54H90N4O7. The van der Waals surface area contributed by atoms with E-state index < -0.39 is 0 Å². The molecule has 0 aliphatic carbocycles. The molecule has 0 aromatic heterocycles. The third kappa shape index (κ3) is 16.8. The topological polar surface area (TPSA) is 113 Å². The van der Waals surface area contributed by atoms with Crippen LogP contribution in [0.5, 0.6) is 23.0 Å². The molecule has 0 radical (unpaired) electrons. The molecule has 4 aliphatic rings. The summed E-state index contributed by atoms with van der Waals surface area (Å²) >= 11 is 0. The van der Waals surface area contributed by atoms with Crippen LogP contribution in [0.1, 0.15) is 180 Å². The van der Waals surface area contributed by atoms with Crippen LogP contribution in [0.2, 0.25) is 0 Å². The first-order valence-corrected chi connectivity index (χ1v) is 24.7. The SMILES string of the molecule is CC1(C)CC(CCOc2cc(Cc3cc(OCOC4CC(C)(C)NC(C)(C)C4)cc(OCOC4CC(C)(C)NC(C)(C)C4)c3)cc(OCOC3CC(C)(C)NC(C)(C)C3)c2)CC(C)(C)N1. The monoisotopic (exact) mass is 907 g/mol. The van der Waals surface area contributed by atoms with Crippen LogP contribution in [0.25, 0.3) is 0 Å². The minimum absolute atomic E-state index is 0.0202. The first-order valence-electron chi connectivity index (χ1n) is 24.7. The summed E-state index contributed by atoms with van der Waals surface area (Å²) in [5, 5.41) is 15.1. The van der Waals surface area contributed by atoms with Crippen molar-refractivity contribution in [3.8, 4) is 23.0 Å². The van der Waals surface area contributed by atoms with Gasteiger partial charge in [-0.3, -0.25) is 0 Å². The number of hydrogen-bond acceptors (Lipinski definition) is 11. The molecule has 11 nitrogen and oxygen atoms in total. The van der Waals surface area contributed by atoms with Gasteiger partial charge in [-0.2, -0.15) is 0 Å². The molecule has 2 aromatic carbocycles. The third-order valence-corrected chi connectivity index (χ3v) is 13.4. The standard InChI is InChI=1S/C54H90N4O7/c1-47(2)26-37(27-48(3,4)55-47)17-18-59-40-20-38(21-41(24-40)60-34-63-44-28-49(5,6)56-50(7,8)29-44)19-39-22-42(61-35-64-45-30-51(9,10)57-52(11,12)31-45)25-43(23-39)62-36-65-46-32-53(13,14)58-54(15,16)33-46/h20-25,37,44-46,55-58H,17-19,26-36H2,1-16H3. The lowest BCUT2D eigenvalue weighted by Gasteiger charge is -2.46. The molecule has 0 spiro atoms. The van der Waals surface area contributed by atoms with Crippen molar-refractivity contribution in [3.63, 3.8) is 0 Å². The molecule has 4 N–H and O–H groups in total. The fraction of sp³-hybridized carbons (Fsp3) is 0.778. The van der Waals surface area contributed by atoms with E-state index in [9.17, 15) is 0 Å². The molecule has 0 atom stereocenters. The van der Waals surface area contributed by atoms with Gasteiger partial charge in [-0.1, -0.05) is 0 Å². The van der Waals surface area contributed by atoms with Crippen LogP contribution in [-0.2, 0) is 20.6 Å². The first kappa shape index (κ1) is 51.7. The molecule has 368 valence electrons. The number of ether oxygens (including phenoxy) is 7. The van der Waals surface area contributed by atoms with E-state index >= 15 is 0 Å². The van der Waals surface area contributed by atoms with E-state index in [1.54, 1.807) is 0 Å². The van der Waals surface area contributed by atoms with Crippen molar-refractivity contribution in [3.05, 3.63) is 47.5 Å². The van der Waals surface area contributed by atoms with Gasteiger partial charge >= 0.3 is 0 Å². The van der Waals surface area contributed by atoms with Gasteiger partial charge in [-0.05, 0) is 216 Å². The lowest BCUT2D eigenvalue weighted by Crippen LogP contribution is -2.59. The summed E-state index contributed by atoms with van der Waals surface area (Å²) in [6, 6.07) is 12.4. The van der Waals surface area contributed by atoms with Gasteiger partial charge in [0, 0.05) is 56.4 Å². The van der Waals surface area contributed by atoms with Crippen LogP contribution in [0.4, 0.5) is 0 Å². The Balaban J connectivity index is 1.20. The summed E-state index contributed by atoms with van der Waals surface area (Å²) in [5.41, 5.74) is 2.12. The molecule has 0 amide bonds. The van der Waals surface area contributed by atoms with E-state index in [1.165, 1.54) is 0 Å². The van der Waals surface area contributed by atoms with Crippen LogP contribution in [0, 0.1) is 5.92 Å². The van der Waals surface area contributed by atoms with Gasteiger partial charge < -0.3 is 54.4 Å². The van der Waals surface area contributed by atoms with E-state index in [4.69, 9.17) is 33.2 Å². The van der Waals surface area contributed by atoms with Crippen LogP contribution in [-0.4, -0.2) is 89.6 Å². The molecule has 4 saturated heterocycles. The Hall–Kier alpha value is -2.64. The lowest BCUT2D eigenvalue weighted by molar-refractivity contribution is -0.0788. The zero-order chi connectivity index (χ0) is 47.7. The normalized spacial score (nSPS) is 24.9. The molecule has 2 aromatic rings. The van der Waals surface area contributed by atoms with Gasteiger partial charge in [-0.25, -0.2) is 0 Å². The maximum Gasteiger partial charge on any atom is 0.189 e. The van der Waals surface area contributed by atoms with Crippen molar-refractivity contribution in [1.29, 1.82) is 0 Å². The van der Waals surface area contributed by atoms with Gasteiger partial charge in [0.05, 0.1) is 24.9 Å². The maximum atomic E-state index is 6.60. The Labute approximate surface area is 394 Å². The molecule has 65 heavy (non-hydrogen) atoms. The van der Waals surface area contributed by atoms with Crippen LogP contribution < -0.4 is 40.2 Å². The van der Waals surface area contributed by atoms with Gasteiger partial charge in [0.1, 0.15) is 23.0 Å². The Kier molecular flexibility index (Phi) is 15.7. The van der Waals surface area contributed by atoms with Crippen molar-refractivity contribution in [2.45, 2.75) is 238 Å². The quantitative estimate of drug-likeness (QED) is 0.107. The fourth-order valence-electron chi connectivity index (χ4n) is 12.8. The number of rotatable bonds is 18. The Morgan fingerprint density at radius 2 is 0.631 bits per heavy atom. The second-order valence-electron chi connectivity index (χ2n) is 25.7. The van der Waals surface area contributed by atoms with Gasteiger partial charge in [0.25, 0.3) is 0 Å². The van der Waals surface area contributed by atoms with Crippen molar-refractivity contribution < 1.29 is 33.2 Å². The number of hydrogen-bond donors (Lipinski definition) is 4. The largest absolute Gasteiger partial charge is 0.493 e. The zero-order valence-electron chi connectivity index (χ0n) is 43.5.